The number of likely N-dealkylation sites (tertiary alicyclic amines) is 1. The normalized spacial score (nSPS) is 24.2. The molecular weight excluding hydrogens is 348 g/mol. The number of aliphatic carboxylic acids is 1. The summed E-state index contributed by atoms with van der Waals surface area (Å²) in [6.45, 7) is 7.21. The molecule has 0 aromatic heterocycles. The van der Waals surface area contributed by atoms with Gasteiger partial charge in [-0.1, -0.05) is 19.8 Å². The zero-order valence-corrected chi connectivity index (χ0v) is 16.9. The average molecular weight is 385 g/mol. The molecule has 2 saturated heterocycles. The number of carbonyl (C=O) groups excluding carboxylic acids is 1. The summed E-state index contributed by atoms with van der Waals surface area (Å²) in [5.41, 5.74) is 0. The quantitative estimate of drug-likeness (QED) is 0.619. The highest BCUT2D eigenvalue weighted by Gasteiger charge is 2.27. The summed E-state index contributed by atoms with van der Waals surface area (Å²) in [5, 5.41) is 12.0. The number of carbonyl (C=O) groups is 2. The Labute approximate surface area is 162 Å². The molecule has 27 heavy (non-hydrogen) atoms. The second-order valence-electron chi connectivity index (χ2n) is 7.75. The molecule has 2 amide bonds. The lowest BCUT2D eigenvalue weighted by Gasteiger charge is -2.37. The minimum absolute atomic E-state index is 0.0265. The Kier molecular flexibility index (Phi) is 9.30. The molecule has 2 fully saturated rings. The van der Waals surface area contributed by atoms with Gasteiger partial charge in [0.05, 0.1) is 19.3 Å². The molecule has 0 aromatic carbocycles. The second kappa shape index (κ2) is 11.5. The number of morpholine rings is 1. The third-order valence-electron chi connectivity index (χ3n) is 5.38. The van der Waals surface area contributed by atoms with Crippen LogP contribution in [0.25, 0.3) is 0 Å². The van der Waals surface area contributed by atoms with Gasteiger partial charge in [-0.05, 0) is 39.4 Å². The number of hydrogen-bond donors (Lipinski definition) is 2. The molecule has 8 heteroatoms. The van der Waals surface area contributed by atoms with Gasteiger partial charge in [-0.3, -0.25) is 14.6 Å². The first-order valence-electron chi connectivity index (χ1n) is 10.3. The van der Waals surface area contributed by atoms with Crippen LogP contribution in [0.3, 0.4) is 0 Å². The number of nitrogens with one attached hydrogen (secondary N) is 1. The van der Waals surface area contributed by atoms with Crippen molar-refractivity contribution >= 4 is 12.0 Å². The highest BCUT2D eigenvalue weighted by Crippen LogP contribution is 2.17. The maximum atomic E-state index is 12.6. The van der Waals surface area contributed by atoms with Crippen molar-refractivity contribution in [3.05, 3.63) is 0 Å². The lowest BCUT2D eigenvalue weighted by molar-refractivity contribution is -0.138. The van der Waals surface area contributed by atoms with E-state index < -0.39 is 5.97 Å². The molecule has 0 aromatic rings. The molecule has 2 unspecified atom stereocenters. The van der Waals surface area contributed by atoms with Gasteiger partial charge < -0.3 is 20.1 Å². The lowest BCUT2D eigenvalue weighted by atomic mass is 10.0. The molecule has 0 bridgehead atoms. The minimum atomic E-state index is -0.858. The maximum Gasteiger partial charge on any atom is 0.317 e. The number of likely N-dealkylation sites (N-methyl/N-ethyl adjacent to an activating group) is 1. The van der Waals surface area contributed by atoms with E-state index in [1.165, 1.54) is 25.7 Å². The van der Waals surface area contributed by atoms with Crippen LogP contribution in [0, 0.1) is 0 Å². The van der Waals surface area contributed by atoms with Crippen molar-refractivity contribution in [2.24, 2.45) is 0 Å². The monoisotopic (exact) mass is 384 g/mol. The number of piperidine rings is 1. The molecule has 2 atom stereocenters. The van der Waals surface area contributed by atoms with Crippen molar-refractivity contribution in [1.29, 1.82) is 0 Å². The van der Waals surface area contributed by atoms with E-state index in [-0.39, 0.29) is 18.7 Å². The zero-order valence-electron chi connectivity index (χ0n) is 16.9. The van der Waals surface area contributed by atoms with E-state index in [0.717, 1.165) is 19.5 Å². The van der Waals surface area contributed by atoms with E-state index in [1.54, 1.807) is 16.8 Å². The van der Waals surface area contributed by atoms with Crippen molar-refractivity contribution in [2.75, 3.05) is 59.5 Å². The predicted molar refractivity (Wildman–Crippen MR) is 104 cm³/mol. The molecule has 156 valence electrons. The standard InChI is InChI=1S/C19H36N4O4/c1-3-4-8-22-9-6-5-7-16(22)12-20-19(26)23-10-11-27-17(14-23)13-21(2)15-18(24)25/h16-17H,3-15H2,1-2H3,(H,20,26)(H,24,25). The average Bonchev–Trinajstić information content (AvgIpc) is 2.64. The number of ether oxygens (including phenoxy) is 1. The summed E-state index contributed by atoms with van der Waals surface area (Å²) < 4.78 is 5.70. The van der Waals surface area contributed by atoms with Gasteiger partial charge in [0.25, 0.3) is 0 Å². The molecular formula is C19H36N4O4. The molecule has 0 saturated carbocycles. The SMILES string of the molecule is CCCCN1CCCCC1CNC(=O)N1CCOC(CN(C)CC(=O)O)C1. The van der Waals surface area contributed by atoms with Crippen LogP contribution in [-0.4, -0.2) is 103 Å². The van der Waals surface area contributed by atoms with E-state index in [9.17, 15) is 9.59 Å². The van der Waals surface area contributed by atoms with Gasteiger partial charge in [0.2, 0.25) is 0 Å². The summed E-state index contributed by atoms with van der Waals surface area (Å²) in [4.78, 5) is 29.4. The first-order valence-corrected chi connectivity index (χ1v) is 10.3. The van der Waals surface area contributed by atoms with Gasteiger partial charge in [-0.15, -0.1) is 0 Å². The van der Waals surface area contributed by atoms with E-state index in [4.69, 9.17) is 9.84 Å². The highest BCUT2D eigenvalue weighted by molar-refractivity contribution is 5.74. The van der Waals surface area contributed by atoms with Gasteiger partial charge >= 0.3 is 12.0 Å². The Balaban J connectivity index is 1.76. The Morgan fingerprint density at radius 3 is 2.85 bits per heavy atom. The fourth-order valence-corrected chi connectivity index (χ4v) is 3.92. The number of urea groups is 1. The fourth-order valence-electron chi connectivity index (χ4n) is 3.92. The Hall–Kier alpha value is -1.38. The van der Waals surface area contributed by atoms with Gasteiger partial charge in [0, 0.05) is 32.2 Å². The molecule has 2 heterocycles. The topological polar surface area (TPSA) is 85.4 Å². The van der Waals surface area contributed by atoms with E-state index in [2.05, 4.69) is 17.1 Å². The number of unbranched alkanes of at least 4 members (excludes halogenated alkanes) is 1. The summed E-state index contributed by atoms with van der Waals surface area (Å²) in [6.07, 6.45) is 5.89. The third kappa shape index (κ3) is 7.63. The summed E-state index contributed by atoms with van der Waals surface area (Å²) >= 11 is 0. The maximum absolute atomic E-state index is 12.6. The van der Waals surface area contributed by atoms with Crippen LogP contribution in [0.4, 0.5) is 4.79 Å². The first-order chi connectivity index (χ1) is 13.0. The van der Waals surface area contributed by atoms with Crippen LogP contribution < -0.4 is 5.32 Å². The lowest BCUT2D eigenvalue weighted by Crippen LogP contribution is -2.54. The third-order valence-corrected chi connectivity index (χ3v) is 5.38. The molecule has 0 radical (unpaired) electrons. The van der Waals surface area contributed by atoms with E-state index in [1.807, 2.05) is 0 Å². The Morgan fingerprint density at radius 2 is 2.11 bits per heavy atom. The molecule has 8 nitrogen and oxygen atoms in total. The van der Waals surface area contributed by atoms with Crippen molar-refractivity contribution in [3.8, 4) is 0 Å². The van der Waals surface area contributed by atoms with Crippen molar-refractivity contribution in [3.63, 3.8) is 0 Å². The second-order valence-corrected chi connectivity index (χ2v) is 7.75. The van der Waals surface area contributed by atoms with Gasteiger partial charge in [0.15, 0.2) is 0 Å². The minimum Gasteiger partial charge on any atom is -0.480 e. The van der Waals surface area contributed by atoms with Gasteiger partial charge in [0.1, 0.15) is 0 Å². The van der Waals surface area contributed by atoms with Crippen LogP contribution in [0.2, 0.25) is 0 Å². The zero-order chi connectivity index (χ0) is 19.6. The molecule has 2 N–H and O–H groups in total. The molecule has 2 rings (SSSR count). The smallest absolute Gasteiger partial charge is 0.317 e. The molecule has 0 aliphatic carbocycles. The molecule has 0 spiro atoms. The van der Waals surface area contributed by atoms with Crippen LogP contribution in [-0.2, 0) is 9.53 Å². The number of hydrogen-bond acceptors (Lipinski definition) is 5. The van der Waals surface area contributed by atoms with Crippen molar-refractivity contribution in [2.45, 2.75) is 51.2 Å². The number of rotatable bonds is 9. The van der Waals surface area contributed by atoms with E-state index in [0.29, 0.717) is 38.8 Å². The van der Waals surface area contributed by atoms with Crippen molar-refractivity contribution < 1.29 is 19.4 Å². The van der Waals surface area contributed by atoms with E-state index >= 15 is 0 Å². The molecule has 2 aliphatic rings. The summed E-state index contributed by atoms with van der Waals surface area (Å²) in [5.74, 6) is -0.858. The first kappa shape index (κ1) is 21.9. The van der Waals surface area contributed by atoms with Gasteiger partial charge in [-0.25, -0.2) is 4.79 Å². The van der Waals surface area contributed by atoms with Crippen LogP contribution in [0.5, 0.6) is 0 Å². The fraction of sp³-hybridized carbons (Fsp3) is 0.895. The summed E-state index contributed by atoms with van der Waals surface area (Å²) in [6, 6.07) is 0.401. The summed E-state index contributed by atoms with van der Waals surface area (Å²) in [7, 11) is 1.75. The van der Waals surface area contributed by atoms with Crippen LogP contribution in [0.15, 0.2) is 0 Å². The predicted octanol–water partition coefficient (Wildman–Crippen LogP) is 1.07. The van der Waals surface area contributed by atoms with Gasteiger partial charge in [-0.2, -0.15) is 0 Å². The molecule has 2 aliphatic heterocycles. The Bertz CT molecular complexity index is 477. The number of carboxylic acids is 1. The van der Waals surface area contributed by atoms with Crippen LogP contribution in [0.1, 0.15) is 39.0 Å². The largest absolute Gasteiger partial charge is 0.480 e. The van der Waals surface area contributed by atoms with Crippen LogP contribution >= 0.6 is 0 Å². The highest BCUT2D eigenvalue weighted by atomic mass is 16.5. The number of carboxylic acid groups (broad SMARTS) is 1. The number of amides is 2. The van der Waals surface area contributed by atoms with Crippen molar-refractivity contribution in [1.82, 2.24) is 20.0 Å². The Morgan fingerprint density at radius 1 is 1.30 bits per heavy atom. The number of nitrogens with zero attached hydrogens (tertiary/aromatic N) is 3.